The van der Waals surface area contributed by atoms with Crippen LogP contribution in [0.3, 0.4) is 0 Å². The summed E-state index contributed by atoms with van der Waals surface area (Å²) >= 11 is 0. The lowest BCUT2D eigenvalue weighted by Gasteiger charge is -2.00. The molecule has 0 aliphatic heterocycles. The van der Waals surface area contributed by atoms with Gasteiger partial charge in [0.1, 0.15) is 6.33 Å². The van der Waals surface area contributed by atoms with Crippen molar-refractivity contribution in [3.63, 3.8) is 0 Å². The molecule has 3 heteroatoms. The van der Waals surface area contributed by atoms with Crippen molar-refractivity contribution in [3.05, 3.63) is 23.8 Å². The summed E-state index contributed by atoms with van der Waals surface area (Å²) in [5.41, 5.74) is 2.20. The van der Waals surface area contributed by atoms with E-state index < -0.39 is 0 Å². The predicted molar refractivity (Wildman–Crippen MR) is 39.5 cm³/mol. The Kier molecular flexibility index (Phi) is 2.34. The first-order chi connectivity index (χ1) is 4.84. The van der Waals surface area contributed by atoms with Crippen molar-refractivity contribution in [1.29, 1.82) is 0 Å². The molecule has 0 fully saturated rings. The van der Waals surface area contributed by atoms with Crippen LogP contribution in [0.15, 0.2) is 12.5 Å². The van der Waals surface area contributed by atoms with Crippen molar-refractivity contribution in [1.82, 2.24) is 15.3 Å². The largest absolute Gasteiger partial charge is 0.316 e. The van der Waals surface area contributed by atoms with Gasteiger partial charge in [-0.15, -0.1) is 0 Å². The van der Waals surface area contributed by atoms with Gasteiger partial charge in [-0.25, -0.2) is 9.97 Å². The summed E-state index contributed by atoms with van der Waals surface area (Å²) in [4.78, 5) is 7.96. The van der Waals surface area contributed by atoms with E-state index in [9.17, 15) is 0 Å². The Morgan fingerprint density at radius 3 is 3.00 bits per heavy atom. The zero-order valence-electron chi connectivity index (χ0n) is 6.26. The highest BCUT2D eigenvalue weighted by molar-refractivity contribution is 5.13. The SMILES string of the molecule is CNCc1cncnc1C. The van der Waals surface area contributed by atoms with Gasteiger partial charge in [0, 0.05) is 24.0 Å². The molecule has 0 aliphatic rings. The molecule has 0 aliphatic carbocycles. The van der Waals surface area contributed by atoms with Crippen LogP contribution in [-0.2, 0) is 6.54 Å². The topological polar surface area (TPSA) is 37.8 Å². The average molecular weight is 137 g/mol. The first kappa shape index (κ1) is 7.15. The third-order valence-corrected chi connectivity index (χ3v) is 1.38. The van der Waals surface area contributed by atoms with Gasteiger partial charge in [-0.2, -0.15) is 0 Å². The summed E-state index contributed by atoms with van der Waals surface area (Å²) in [7, 11) is 1.91. The highest BCUT2D eigenvalue weighted by Gasteiger charge is 1.94. The van der Waals surface area contributed by atoms with Crippen LogP contribution in [0.25, 0.3) is 0 Å². The second-order valence-corrected chi connectivity index (χ2v) is 2.16. The molecule has 0 saturated heterocycles. The molecular formula is C7H11N3. The van der Waals surface area contributed by atoms with E-state index in [1.807, 2.05) is 20.2 Å². The van der Waals surface area contributed by atoms with Crippen molar-refractivity contribution in [2.75, 3.05) is 7.05 Å². The summed E-state index contributed by atoms with van der Waals surface area (Å²) < 4.78 is 0. The van der Waals surface area contributed by atoms with Crippen molar-refractivity contribution in [2.45, 2.75) is 13.5 Å². The Labute approximate surface area is 60.5 Å². The molecule has 0 unspecified atom stereocenters. The minimum absolute atomic E-state index is 0.840. The molecule has 0 amide bonds. The maximum atomic E-state index is 4.05. The quantitative estimate of drug-likeness (QED) is 0.645. The predicted octanol–water partition coefficient (Wildman–Crippen LogP) is 0.504. The smallest absolute Gasteiger partial charge is 0.115 e. The second-order valence-electron chi connectivity index (χ2n) is 2.16. The molecule has 0 bridgehead atoms. The summed E-state index contributed by atoms with van der Waals surface area (Å²) in [5.74, 6) is 0. The van der Waals surface area contributed by atoms with E-state index in [4.69, 9.17) is 0 Å². The standard InChI is InChI=1S/C7H11N3/c1-6-7(3-8-2)4-9-5-10-6/h4-5,8H,3H2,1-2H3. The summed E-state index contributed by atoms with van der Waals surface area (Å²) in [6.07, 6.45) is 3.40. The van der Waals surface area contributed by atoms with Gasteiger partial charge in [0.15, 0.2) is 0 Å². The molecule has 0 aromatic carbocycles. The van der Waals surface area contributed by atoms with Crippen LogP contribution in [-0.4, -0.2) is 17.0 Å². The van der Waals surface area contributed by atoms with Crippen LogP contribution in [0.5, 0.6) is 0 Å². The lowest BCUT2D eigenvalue weighted by Crippen LogP contribution is -2.07. The molecule has 0 saturated carbocycles. The van der Waals surface area contributed by atoms with Crippen LogP contribution in [0.4, 0.5) is 0 Å². The molecule has 1 heterocycles. The van der Waals surface area contributed by atoms with E-state index in [1.165, 1.54) is 0 Å². The summed E-state index contributed by atoms with van der Waals surface area (Å²) in [6, 6.07) is 0. The van der Waals surface area contributed by atoms with Crippen LogP contribution < -0.4 is 5.32 Å². The minimum Gasteiger partial charge on any atom is -0.316 e. The second kappa shape index (κ2) is 3.27. The number of nitrogens with one attached hydrogen (secondary N) is 1. The van der Waals surface area contributed by atoms with Crippen molar-refractivity contribution in [2.24, 2.45) is 0 Å². The third kappa shape index (κ3) is 1.51. The Morgan fingerprint density at radius 1 is 1.60 bits per heavy atom. The van der Waals surface area contributed by atoms with Gasteiger partial charge in [-0.1, -0.05) is 0 Å². The number of aryl methyl sites for hydroxylation is 1. The third-order valence-electron chi connectivity index (χ3n) is 1.38. The van der Waals surface area contributed by atoms with E-state index in [2.05, 4.69) is 15.3 Å². The number of rotatable bonds is 2. The number of hydrogen-bond donors (Lipinski definition) is 1. The molecule has 1 rings (SSSR count). The fraction of sp³-hybridized carbons (Fsp3) is 0.429. The maximum Gasteiger partial charge on any atom is 0.115 e. The Hall–Kier alpha value is -0.960. The molecule has 10 heavy (non-hydrogen) atoms. The molecule has 0 radical (unpaired) electrons. The molecule has 1 aromatic rings. The van der Waals surface area contributed by atoms with Crippen molar-refractivity contribution in [3.8, 4) is 0 Å². The van der Waals surface area contributed by atoms with Crippen LogP contribution in [0.1, 0.15) is 11.3 Å². The monoisotopic (exact) mass is 137 g/mol. The van der Waals surface area contributed by atoms with E-state index in [1.54, 1.807) is 6.33 Å². The van der Waals surface area contributed by atoms with Crippen LogP contribution >= 0.6 is 0 Å². The van der Waals surface area contributed by atoms with Gasteiger partial charge in [0.25, 0.3) is 0 Å². The van der Waals surface area contributed by atoms with Crippen molar-refractivity contribution >= 4 is 0 Å². The van der Waals surface area contributed by atoms with Crippen LogP contribution in [0, 0.1) is 6.92 Å². The van der Waals surface area contributed by atoms with Gasteiger partial charge in [0.05, 0.1) is 0 Å². The van der Waals surface area contributed by atoms with Gasteiger partial charge in [-0.05, 0) is 14.0 Å². The summed E-state index contributed by atoms with van der Waals surface area (Å²) in [5, 5.41) is 3.04. The van der Waals surface area contributed by atoms with Crippen LogP contribution in [0.2, 0.25) is 0 Å². The van der Waals surface area contributed by atoms with E-state index in [0.717, 1.165) is 17.8 Å². The molecule has 0 atom stereocenters. The Morgan fingerprint density at radius 2 is 2.40 bits per heavy atom. The Balaban J connectivity index is 2.81. The molecule has 3 nitrogen and oxygen atoms in total. The lowest BCUT2D eigenvalue weighted by molar-refractivity contribution is 0.796. The lowest BCUT2D eigenvalue weighted by atomic mass is 10.2. The first-order valence-electron chi connectivity index (χ1n) is 3.24. The normalized spacial score (nSPS) is 9.80. The van der Waals surface area contributed by atoms with E-state index in [-0.39, 0.29) is 0 Å². The molecule has 0 spiro atoms. The van der Waals surface area contributed by atoms with Gasteiger partial charge >= 0.3 is 0 Å². The number of aromatic nitrogens is 2. The van der Waals surface area contributed by atoms with Gasteiger partial charge in [0.2, 0.25) is 0 Å². The van der Waals surface area contributed by atoms with Gasteiger partial charge in [-0.3, -0.25) is 0 Å². The zero-order chi connectivity index (χ0) is 7.40. The molecule has 54 valence electrons. The fourth-order valence-corrected chi connectivity index (χ4v) is 0.784. The molecular weight excluding hydrogens is 126 g/mol. The first-order valence-corrected chi connectivity index (χ1v) is 3.24. The maximum absolute atomic E-state index is 4.05. The average Bonchev–Trinajstić information content (AvgIpc) is 1.94. The number of hydrogen-bond acceptors (Lipinski definition) is 3. The molecule has 1 N–H and O–H groups in total. The van der Waals surface area contributed by atoms with Crippen molar-refractivity contribution < 1.29 is 0 Å². The number of nitrogens with zero attached hydrogens (tertiary/aromatic N) is 2. The molecule has 1 aromatic heterocycles. The highest BCUT2D eigenvalue weighted by atomic mass is 14.9. The van der Waals surface area contributed by atoms with E-state index in [0.29, 0.717) is 0 Å². The fourth-order valence-electron chi connectivity index (χ4n) is 0.784. The zero-order valence-corrected chi connectivity index (χ0v) is 6.26. The minimum atomic E-state index is 0.840. The Bertz CT molecular complexity index is 210. The van der Waals surface area contributed by atoms with Gasteiger partial charge < -0.3 is 5.32 Å². The summed E-state index contributed by atoms with van der Waals surface area (Å²) in [6.45, 7) is 2.82. The van der Waals surface area contributed by atoms with E-state index >= 15 is 0 Å². The highest BCUT2D eigenvalue weighted by Crippen LogP contribution is 1.99.